The first kappa shape index (κ1) is 90.5. The zero-order valence-electron chi connectivity index (χ0n) is 60.2. The summed E-state index contributed by atoms with van der Waals surface area (Å²) in [6, 6.07) is -3.88. The number of aliphatic hydroxyl groups excluding tert-OH is 9. The molecule has 5 aliphatic rings. The molecular weight excluding hydrogens is 1410 g/mol. The zero-order valence-corrected chi connectivity index (χ0v) is 61.1. The van der Waals surface area contributed by atoms with Gasteiger partial charge in [-0.2, -0.15) is 0 Å². The van der Waals surface area contributed by atoms with Gasteiger partial charge in [0.2, 0.25) is 23.6 Å². The number of nitrogens with two attached hydrogens (primary N) is 3. The molecule has 604 valence electrons. The van der Waals surface area contributed by atoms with Crippen LogP contribution in [0.3, 0.4) is 0 Å². The Morgan fingerprint density at radius 3 is 1.52 bits per heavy atom. The van der Waals surface area contributed by atoms with Crippen molar-refractivity contribution in [1.82, 2.24) is 15.5 Å². The largest absolute Gasteiger partial charge is 0.479 e. The van der Waals surface area contributed by atoms with E-state index < -0.39 is 222 Å². The Morgan fingerprint density at radius 2 is 1.03 bits per heavy atom. The highest BCUT2D eigenvalue weighted by Crippen LogP contribution is 2.49. The van der Waals surface area contributed by atoms with E-state index in [0.29, 0.717) is 13.1 Å². The predicted molar refractivity (Wildman–Crippen MR) is 358 cm³/mol. The molecule has 38 nitrogen and oxygen atoms in total. The van der Waals surface area contributed by atoms with E-state index in [0.717, 1.165) is 72.1 Å². The summed E-state index contributed by atoms with van der Waals surface area (Å²) in [4.78, 5) is 90.6. The van der Waals surface area contributed by atoms with E-state index >= 15 is 0 Å². The number of aliphatic hydroxyl groups is 10. The average molecular weight is 1530 g/mol. The third kappa shape index (κ3) is 27.2. The van der Waals surface area contributed by atoms with Crippen LogP contribution in [-0.2, 0) is 89.7 Å². The molecule has 0 spiro atoms. The second-order valence-electron chi connectivity index (χ2n) is 27.5. The lowest BCUT2D eigenvalue weighted by Crippen LogP contribution is -2.72. The summed E-state index contributed by atoms with van der Waals surface area (Å²) in [5, 5.41) is 126. The lowest BCUT2D eigenvalue weighted by molar-refractivity contribution is -0.375. The number of phosphoric ester groups is 1. The number of rotatable bonds is 47. The molecule has 5 rings (SSSR count). The number of nitrogens with zero attached hydrogens (tertiary/aromatic N) is 1. The summed E-state index contributed by atoms with van der Waals surface area (Å²) in [6.07, 6.45) is -26.6. The molecule has 0 radical (unpaired) electrons. The molecule has 0 saturated carbocycles. The van der Waals surface area contributed by atoms with Gasteiger partial charge >= 0.3 is 19.9 Å². The number of hydrogen-bond donors (Lipinski definition) is 17. The van der Waals surface area contributed by atoms with Crippen LogP contribution in [0.15, 0.2) is 0 Å². The molecular formula is C65H117N6O32P. The summed E-state index contributed by atoms with van der Waals surface area (Å²) in [6.45, 7) is 6.75. The Balaban J connectivity index is 1.43. The van der Waals surface area contributed by atoms with Gasteiger partial charge in [0.1, 0.15) is 90.9 Å². The van der Waals surface area contributed by atoms with Gasteiger partial charge in [-0.15, -0.1) is 0 Å². The third-order valence-electron chi connectivity index (χ3n) is 18.9. The topological polar surface area (TPSA) is 588 Å². The Morgan fingerprint density at radius 1 is 0.558 bits per heavy atom. The number of carbonyl (C=O) groups excluding carboxylic acids is 5. The highest BCUT2D eigenvalue weighted by atomic mass is 31.2. The van der Waals surface area contributed by atoms with Crippen molar-refractivity contribution in [3.8, 4) is 0 Å². The lowest BCUT2D eigenvalue weighted by atomic mass is 9.85. The number of nitrogens with one attached hydrogen (secondary N) is 2. The van der Waals surface area contributed by atoms with E-state index in [-0.39, 0.29) is 13.2 Å². The standard InChI is InChI=1S/C65H117N6O32P/c1-7-9-11-13-15-17-19-21-23-25-27-71(28-26-24-22-20-18-16-14-12-10-8-2)29-30-91-39(58(85)86)33-93-104(89,90)103-63-53(54(102-64(68)87)65(6,88)55(101-63)57(67)84)100-60-41(70-36(5)74)44(77)51(38(96-60)32-92-61-48(81)45(78)42(75)37(31-72)95-61)98-59-40(69-35(4)73)43(76)50(34(3)94-59)97-62-49(82)46(79)47(80)52(99-62)56(66)83/h34,37-55,59-63,72,75-82,88H,7-33H2,1-6H3,(H2,66,83)(H2,67,84)(H2,68,87)(H,69,73)(H,70,74)(H,85,86)(H,89,90)/t34-,37-,38-,39-,40-,41-,42-,43-,44-,45+,46+,47-,48-,49-,50-,51-,52+,53-,54-,55-,59+,60+,61-,62-,63-,65+/m1/s1. The predicted octanol–water partition coefficient (Wildman–Crippen LogP) is -2.38. The number of unbranched alkanes of at least 4 members (excludes halogenated alkanes) is 18. The van der Waals surface area contributed by atoms with Crippen LogP contribution in [0.1, 0.15) is 170 Å². The number of amides is 5. The number of carbonyl (C=O) groups is 6. The summed E-state index contributed by atoms with van der Waals surface area (Å²) < 4.78 is 89.2. The molecule has 20 N–H and O–H groups in total. The van der Waals surface area contributed by atoms with Crippen LogP contribution in [0.5, 0.6) is 0 Å². The van der Waals surface area contributed by atoms with Crippen molar-refractivity contribution in [1.29, 1.82) is 0 Å². The van der Waals surface area contributed by atoms with Crippen LogP contribution < -0.4 is 27.8 Å². The molecule has 5 heterocycles. The average Bonchev–Trinajstić information content (AvgIpc) is 0.750. The van der Waals surface area contributed by atoms with Gasteiger partial charge < -0.3 is 146 Å². The van der Waals surface area contributed by atoms with Crippen LogP contribution in [0.25, 0.3) is 0 Å². The fourth-order valence-corrected chi connectivity index (χ4v) is 14.0. The Kier molecular flexibility index (Phi) is 38.7. The number of hydrogen-bond acceptors (Lipinski definition) is 31. The molecule has 5 fully saturated rings. The number of ether oxygens (including phenoxy) is 11. The van der Waals surface area contributed by atoms with Crippen molar-refractivity contribution < 1.29 is 156 Å². The Bertz CT molecular complexity index is 2620. The van der Waals surface area contributed by atoms with Crippen molar-refractivity contribution in [3.63, 3.8) is 0 Å². The SMILES string of the molecule is CCCCCCCCCCCCN(CCCCCCCCCCCC)CCO[C@H](COP(=O)(O)O[C@H]1O[C@H](C(N)=O)[C@@](C)(O)[C@H](OC(N)=O)[C@H]1O[C@@H]1O[C@H](CO[C@@H]2O[C@H](CO)[C@@H](O)[C@H](O)[C@H]2O)[C@@H](O[C@@H]2O[C@H](C)[C@@H](O[C@@H]3O[C@H](C(N)=O)[C@H](O)[C@H](O)[C@H]3O)[C@H](O)[C@H]2NC(C)=O)[C@H](O)[C@H]1NC(C)=O)C(=O)O. The molecule has 27 atom stereocenters. The fourth-order valence-electron chi connectivity index (χ4n) is 13.2. The first-order valence-corrected chi connectivity index (χ1v) is 37.6. The summed E-state index contributed by atoms with van der Waals surface area (Å²) in [7, 11) is -5.81. The van der Waals surface area contributed by atoms with E-state index in [1.807, 2.05) is 0 Å². The van der Waals surface area contributed by atoms with Crippen molar-refractivity contribution in [2.24, 2.45) is 17.2 Å². The van der Waals surface area contributed by atoms with E-state index in [4.69, 9.17) is 78.4 Å². The minimum Gasteiger partial charge on any atom is -0.479 e. The molecule has 0 aromatic carbocycles. The van der Waals surface area contributed by atoms with Gasteiger partial charge in [0.15, 0.2) is 62.0 Å². The maximum Gasteiger partial charge on any atom is 0.474 e. The number of carboxylic acid groups (broad SMARTS) is 1. The second kappa shape index (κ2) is 44.5. The van der Waals surface area contributed by atoms with Crippen LogP contribution in [0, 0.1) is 0 Å². The van der Waals surface area contributed by atoms with Crippen molar-refractivity contribution in [3.05, 3.63) is 0 Å². The van der Waals surface area contributed by atoms with Gasteiger partial charge in [0, 0.05) is 20.4 Å². The van der Waals surface area contributed by atoms with Gasteiger partial charge in [0.05, 0.1) is 32.5 Å². The molecule has 0 aromatic rings. The first-order chi connectivity index (χ1) is 49.2. The molecule has 1 unspecified atom stereocenters. The molecule has 39 heteroatoms. The highest BCUT2D eigenvalue weighted by Gasteiger charge is 2.62. The summed E-state index contributed by atoms with van der Waals surface area (Å²) in [5.41, 5.74) is 13.6. The van der Waals surface area contributed by atoms with Gasteiger partial charge in [-0.05, 0) is 39.8 Å². The van der Waals surface area contributed by atoms with Crippen LogP contribution in [0.2, 0.25) is 0 Å². The highest BCUT2D eigenvalue weighted by molar-refractivity contribution is 7.47. The van der Waals surface area contributed by atoms with Crippen LogP contribution in [0.4, 0.5) is 4.79 Å². The van der Waals surface area contributed by atoms with Gasteiger partial charge in [-0.3, -0.25) is 28.2 Å². The number of phosphoric acid groups is 1. The van der Waals surface area contributed by atoms with Crippen molar-refractivity contribution in [2.75, 3.05) is 46.1 Å². The van der Waals surface area contributed by atoms with E-state index in [1.165, 1.54) is 84.0 Å². The minimum absolute atomic E-state index is 0.165. The van der Waals surface area contributed by atoms with E-state index in [9.17, 15) is 94.4 Å². The van der Waals surface area contributed by atoms with E-state index in [1.54, 1.807) is 0 Å². The number of aliphatic carboxylic acids is 1. The smallest absolute Gasteiger partial charge is 0.474 e. The first-order valence-electron chi connectivity index (χ1n) is 36.1. The Labute approximate surface area is 604 Å². The molecule has 0 aromatic heterocycles. The molecule has 5 aliphatic heterocycles. The molecule has 0 bridgehead atoms. The summed E-state index contributed by atoms with van der Waals surface area (Å²) >= 11 is 0. The second-order valence-corrected chi connectivity index (χ2v) is 28.9. The summed E-state index contributed by atoms with van der Waals surface area (Å²) in [5.74, 6) is -6.30. The molecule has 5 amide bonds. The lowest BCUT2D eigenvalue weighted by Gasteiger charge is -2.52. The third-order valence-corrected chi connectivity index (χ3v) is 19.9. The monoisotopic (exact) mass is 1520 g/mol. The molecule has 5 saturated heterocycles. The van der Waals surface area contributed by atoms with Gasteiger partial charge in [-0.25, -0.2) is 14.2 Å². The molecule has 104 heavy (non-hydrogen) atoms. The van der Waals surface area contributed by atoms with Gasteiger partial charge in [-0.1, -0.05) is 129 Å². The normalized spacial score (nSPS) is 35.5. The fraction of sp³-hybridized carbons (Fsp3) is 0.908. The maximum absolute atomic E-state index is 14.2. The van der Waals surface area contributed by atoms with Crippen molar-refractivity contribution in [2.45, 2.75) is 329 Å². The number of carboxylic acids is 1. The zero-order chi connectivity index (χ0) is 77.2. The maximum atomic E-state index is 14.2. The number of primary amides is 3. The molecule has 0 aliphatic carbocycles. The van der Waals surface area contributed by atoms with Crippen molar-refractivity contribution >= 4 is 43.5 Å². The van der Waals surface area contributed by atoms with Gasteiger partial charge in [0.25, 0.3) is 0 Å². The Hall–Kier alpha value is -4.11. The minimum atomic E-state index is -5.81. The van der Waals surface area contributed by atoms with Crippen LogP contribution in [-0.4, -0.2) is 307 Å². The van der Waals surface area contributed by atoms with E-state index in [2.05, 4.69) is 29.4 Å². The quantitative estimate of drug-likeness (QED) is 0.0224. The van der Waals surface area contributed by atoms with Crippen LogP contribution >= 0.6 is 7.82 Å².